The number of quaternary nitrogens is 1. The summed E-state index contributed by atoms with van der Waals surface area (Å²) in [6.45, 7) is -0.483. The van der Waals surface area contributed by atoms with E-state index >= 15 is 0 Å². The number of ether oxygens (including phenoxy) is 1. The van der Waals surface area contributed by atoms with E-state index in [1.165, 1.54) is 0 Å². The number of aliphatic hydroxyl groups is 3. The van der Waals surface area contributed by atoms with Crippen LogP contribution in [0.5, 0.6) is 0 Å². The molecule has 0 spiro atoms. The van der Waals surface area contributed by atoms with Crippen LogP contribution in [0.3, 0.4) is 0 Å². The molecule has 1 fully saturated rings. The minimum absolute atomic E-state index is 0.156. The van der Waals surface area contributed by atoms with Crippen molar-refractivity contribution in [2.75, 3.05) is 6.61 Å². The first-order chi connectivity index (χ1) is 11.4. The molecule has 4 heterocycles. The number of nitrogens with zero attached hydrogens (tertiary/aromatic N) is 2. The number of amidine groups is 1. The molecule has 24 heavy (non-hydrogen) atoms. The number of aliphatic hydroxyl groups excluding tert-OH is 3. The second-order valence-electron chi connectivity index (χ2n) is 5.82. The Hall–Kier alpha value is -0.900. The summed E-state index contributed by atoms with van der Waals surface area (Å²) in [5.41, 5.74) is 1.61. The molecule has 4 aliphatic heterocycles. The standard InChI is InChI=1S/C14H11Cl3N2O5/c15-5-1-4-7(2-6(5)16)19(12(17)9(4)13(19)18-23)14-11(22)10(21)8(3-20)24-14/h1-2,8,10-11,14,20-22H,3H2/p+1/t8-,10-,11-,14-,19?/m1/s1. The van der Waals surface area contributed by atoms with Gasteiger partial charge >= 0.3 is 0 Å². The largest absolute Gasteiger partial charge is 0.406 e. The molecule has 128 valence electrons. The molecule has 2 bridgehead atoms. The summed E-state index contributed by atoms with van der Waals surface area (Å²) in [5, 5.41) is 43.4. The Bertz CT molecular complexity index is 814. The summed E-state index contributed by atoms with van der Waals surface area (Å²) in [6.07, 6.45) is -4.77. The first kappa shape index (κ1) is 16.6. The Morgan fingerprint density at radius 2 is 1.79 bits per heavy atom. The van der Waals surface area contributed by atoms with Crippen LogP contribution in [0.1, 0.15) is 5.56 Å². The molecule has 1 aromatic rings. The topological polar surface area (TPSA) is 103 Å². The van der Waals surface area contributed by atoms with Crippen molar-refractivity contribution in [1.29, 1.82) is 0 Å². The summed E-state index contributed by atoms with van der Waals surface area (Å²) in [7, 11) is 0. The SMILES string of the molecule is OC[C@H]1O[C@@H]([N+]23C(=NO)C(=C2Cl)c2cc(Cl)c(Cl)cc23)[C@H](O)[C@@H]1O. The molecule has 1 saturated heterocycles. The van der Waals surface area contributed by atoms with E-state index in [2.05, 4.69) is 5.16 Å². The number of oxime groups is 1. The summed E-state index contributed by atoms with van der Waals surface area (Å²) in [5.74, 6) is 0.156. The van der Waals surface area contributed by atoms with E-state index < -0.39 is 35.6 Å². The Morgan fingerprint density at radius 1 is 1.12 bits per heavy atom. The highest BCUT2D eigenvalue weighted by atomic mass is 35.5. The zero-order chi connectivity index (χ0) is 17.4. The van der Waals surface area contributed by atoms with Gasteiger partial charge in [-0.1, -0.05) is 23.2 Å². The Labute approximate surface area is 151 Å². The van der Waals surface area contributed by atoms with Crippen LogP contribution in [-0.2, 0) is 4.74 Å². The number of benzene rings is 1. The van der Waals surface area contributed by atoms with Crippen LogP contribution in [0, 0.1) is 0 Å². The molecule has 4 N–H and O–H groups in total. The predicted molar refractivity (Wildman–Crippen MR) is 88.0 cm³/mol. The fourth-order valence-electron chi connectivity index (χ4n) is 3.65. The van der Waals surface area contributed by atoms with Crippen LogP contribution in [0.15, 0.2) is 22.4 Å². The third-order valence-electron chi connectivity index (χ3n) is 4.76. The number of rotatable bonds is 2. The van der Waals surface area contributed by atoms with Crippen molar-refractivity contribution < 1.29 is 25.3 Å². The van der Waals surface area contributed by atoms with Crippen molar-refractivity contribution in [3.05, 3.63) is 32.9 Å². The maximum atomic E-state index is 10.4. The maximum absolute atomic E-state index is 10.4. The molecule has 10 heteroatoms. The number of halogens is 3. The first-order valence-electron chi connectivity index (χ1n) is 7.04. The second kappa shape index (κ2) is 5.30. The summed E-state index contributed by atoms with van der Waals surface area (Å²) < 4.78 is 5.22. The average molecular weight is 395 g/mol. The van der Waals surface area contributed by atoms with Gasteiger partial charge in [0.05, 0.1) is 22.2 Å². The van der Waals surface area contributed by atoms with Gasteiger partial charge in [-0.05, 0) is 22.8 Å². The van der Waals surface area contributed by atoms with Gasteiger partial charge in [0.25, 0.3) is 5.84 Å². The zero-order valence-corrected chi connectivity index (χ0v) is 14.2. The Morgan fingerprint density at radius 3 is 2.38 bits per heavy atom. The maximum Gasteiger partial charge on any atom is 0.290 e. The van der Waals surface area contributed by atoms with Crippen LogP contribution in [0.4, 0.5) is 5.69 Å². The lowest BCUT2D eigenvalue weighted by Crippen LogP contribution is -2.65. The van der Waals surface area contributed by atoms with Gasteiger partial charge in [-0.15, -0.1) is 0 Å². The molecular formula is C14H12Cl3N2O5+. The lowest BCUT2D eigenvalue weighted by molar-refractivity contribution is -0.0583. The highest BCUT2D eigenvalue weighted by Crippen LogP contribution is 2.61. The van der Waals surface area contributed by atoms with Crippen LogP contribution >= 0.6 is 34.8 Å². The van der Waals surface area contributed by atoms with Gasteiger partial charge in [0.1, 0.15) is 17.8 Å². The van der Waals surface area contributed by atoms with E-state index in [1.807, 2.05) is 0 Å². The average Bonchev–Trinajstić information content (AvgIpc) is 3.09. The molecule has 0 aromatic heterocycles. The molecule has 1 aromatic carbocycles. The van der Waals surface area contributed by atoms with Crippen molar-refractivity contribution in [3.63, 3.8) is 0 Å². The predicted octanol–water partition coefficient (Wildman–Crippen LogP) is 1.46. The van der Waals surface area contributed by atoms with Gasteiger partial charge in [0.15, 0.2) is 11.8 Å². The lowest BCUT2D eigenvalue weighted by atomic mass is 10.0. The van der Waals surface area contributed by atoms with Crippen molar-refractivity contribution in [1.82, 2.24) is 4.48 Å². The van der Waals surface area contributed by atoms with Gasteiger partial charge in [0, 0.05) is 6.07 Å². The van der Waals surface area contributed by atoms with E-state index in [0.29, 0.717) is 21.8 Å². The fourth-order valence-corrected chi connectivity index (χ4v) is 4.43. The van der Waals surface area contributed by atoms with Gasteiger partial charge in [0.2, 0.25) is 11.4 Å². The summed E-state index contributed by atoms with van der Waals surface area (Å²) in [6, 6.07) is 3.15. The smallest absolute Gasteiger partial charge is 0.290 e. The van der Waals surface area contributed by atoms with Crippen LogP contribution in [-0.4, -0.2) is 57.5 Å². The Balaban J connectivity index is 1.92. The molecule has 1 unspecified atom stereocenters. The molecule has 4 aliphatic rings. The van der Waals surface area contributed by atoms with E-state index in [-0.39, 0.29) is 16.0 Å². The van der Waals surface area contributed by atoms with Gasteiger partial charge < -0.3 is 25.3 Å². The van der Waals surface area contributed by atoms with E-state index in [0.717, 1.165) is 0 Å². The van der Waals surface area contributed by atoms with Crippen LogP contribution in [0.25, 0.3) is 5.57 Å². The monoisotopic (exact) mass is 393 g/mol. The molecule has 0 saturated carbocycles. The molecule has 0 radical (unpaired) electrons. The van der Waals surface area contributed by atoms with Crippen LogP contribution < -0.4 is 4.48 Å². The molecule has 7 nitrogen and oxygen atoms in total. The quantitative estimate of drug-likeness (QED) is 0.263. The lowest BCUT2D eigenvalue weighted by Gasteiger charge is -2.41. The number of hydrogen-bond acceptors (Lipinski definition) is 6. The molecule has 0 amide bonds. The van der Waals surface area contributed by atoms with Gasteiger partial charge in [-0.2, -0.15) is 4.48 Å². The molecule has 0 aliphatic carbocycles. The fraction of sp³-hybridized carbons (Fsp3) is 0.357. The minimum Gasteiger partial charge on any atom is -0.406 e. The van der Waals surface area contributed by atoms with Crippen molar-refractivity contribution >= 4 is 51.9 Å². The van der Waals surface area contributed by atoms with E-state index in [4.69, 9.17) is 39.5 Å². The highest BCUT2D eigenvalue weighted by molar-refractivity contribution is 6.54. The van der Waals surface area contributed by atoms with Crippen molar-refractivity contribution in [3.8, 4) is 0 Å². The van der Waals surface area contributed by atoms with E-state index in [1.54, 1.807) is 12.1 Å². The van der Waals surface area contributed by atoms with Gasteiger partial charge in [-0.25, -0.2) is 0 Å². The normalized spacial score (nSPS) is 38.7. The van der Waals surface area contributed by atoms with Crippen molar-refractivity contribution in [2.45, 2.75) is 24.5 Å². The summed E-state index contributed by atoms with van der Waals surface area (Å²) >= 11 is 18.6. The zero-order valence-electron chi connectivity index (χ0n) is 11.9. The first-order valence-corrected chi connectivity index (χ1v) is 8.17. The minimum atomic E-state index is -1.37. The molecular weight excluding hydrogens is 383 g/mol. The highest BCUT2D eigenvalue weighted by Gasteiger charge is 2.72. The van der Waals surface area contributed by atoms with E-state index in [9.17, 15) is 20.5 Å². The molecule has 5 atom stereocenters. The third-order valence-corrected chi connectivity index (χ3v) is 5.93. The van der Waals surface area contributed by atoms with Crippen LogP contribution in [0.2, 0.25) is 10.0 Å². The third kappa shape index (κ3) is 1.69. The van der Waals surface area contributed by atoms with Crippen molar-refractivity contribution in [2.24, 2.45) is 5.16 Å². The van der Waals surface area contributed by atoms with Gasteiger partial charge in [-0.3, -0.25) is 0 Å². The molecule has 5 rings (SSSR count). The number of hydrogen-bond donors (Lipinski definition) is 4. The summed E-state index contributed by atoms with van der Waals surface area (Å²) in [4.78, 5) is 0. The Kier molecular flexibility index (Phi) is 3.66. The second-order valence-corrected chi connectivity index (χ2v) is 7.00.